The number of aromatic nitrogens is 3. The molecule has 4 rings (SSSR count). The number of aliphatic hydroxyl groups excluding tert-OH is 1. The zero-order valence-electron chi connectivity index (χ0n) is 14.3. The van der Waals surface area contributed by atoms with Gasteiger partial charge in [-0.05, 0) is 48.3 Å². The summed E-state index contributed by atoms with van der Waals surface area (Å²) in [4.78, 5) is 4.52. The summed E-state index contributed by atoms with van der Waals surface area (Å²) < 4.78 is 17.9. The van der Waals surface area contributed by atoms with Crippen LogP contribution in [0.3, 0.4) is 0 Å². The summed E-state index contributed by atoms with van der Waals surface area (Å²) in [5.41, 5.74) is 0.989. The second-order valence-electron chi connectivity index (χ2n) is 5.91. The highest BCUT2D eigenvalue weighted by atomic mass is 32.2. The maximum absolute atomic E-state index is 10.6. The number of furan rings is 1. The summed E-state index contributed by atoms with van der Waals surface area (Å²) in [5, 5.41) is 15.1. The van der Waals surface area contributed by atoms with Crippen molar-refractivity contribution in [2.45, 2.75) is 19.1 Å². The van der Waals surface area contributed by atoms with E-state index in [0.29, 0.717) is 30.4 Å². The molecule has 1 atom stereocenters. The van der Waals surface area contributed by atoms with Gasteiger partial charge >= 0.3 is 0 Å². The lowest BCUT2D eigenvalue weighted by Gasteiger charge is -2.11. The molecule has 1 N–H and O–H groups in total. The molecule has 0 saturated carbocycles. The molecule has 0 fully saturated rings. The first-order valence-corrected chi connectivity index (χ1v) is 9.68. The molecule has 2 aromatic heterocycles. The summed E-state index contributed by atoms with van der Waals surface area (Å²) in [6.45, 7) is 0.708. The zero-order chi connectivity index (χ0) is 17.9. The topological polar surface area (TPSA) is 82.5 Å². The van der Waals surface area contributed by atoms with Gasteiger partial charge in [0.25, 0.3) is 0 Å². The quantitative estimate of drug-likeness (QED) is 0.681. The molecule has 0 aliphatic carbocycles. The van der Waals surface area contributed by atoms with E-state index in [1.54, 1.807) is 34.8 Å². The first-order valence-electron chi connectivity index (χ1n) is 8.29. The Kier molecular flexibility index (Phi) is 4.85. The predicted molar refractivity (Wildman–Crippen MR) is 97.3 cm³/mol. The minimum absolute atomic E-state index is 0.239. The lowest BCUT2D eigenvalue weighted by molar-refractivity contribution is 0.159. The van der Waals surface area contributed by atoms with Crippen molar-refractivity contribution in [3.63, 3.8) is 0 Å². The molecule has 1 aromatic carbocycles. The Morgan fingerprint density at radius 3 is 2.96 bits per heavy atom. The average molecular weight is 373 g/mol. The number of aliphatic hydroxyl groups is 1. The van der Waals surface area contributed by atoms with Gasteiger partial charge in [-0.1, -0.05) is 6.07 Å². The van der Waals surface area contributed by atoms with Gasteiger partial charge in [-0.25, -0.2) is 9.67 Å². The molecule has 0 unspecified atom stereocenters. The van der Waals surface area contributed by atoms with Gasteiger partial charge in [0.15, 0.2) is 23.1 Å². The molecule has 8 heteroatoms. The standard InChI is InChI=1S/C18H19N3O4S/c1-26-8-6-13(22)18-19-17(15-3-2-7-23-15)20-21(18)10-12-4-5-14-16(9-12)25-11-24-14/h2-5,7,9,13,22H,6,8,10-11H2,1H3/t13-/m0/s1. The molecule has 1 aliphatic rings. The van der Waals surface area contributed by atoms with Crippen LogP contribution in [0.25, 0.3) is 11.6 Å². The van der Waals surface area contributed by atoms with Crippen LogP contribution in [0.5, 0.6) is 11.5 Å². The summed E-state index contributed by atoms with van der Waals surface area (Å²) in [5.74, 6) is 3.88. The number of fused-ring (bicyclic) bond motifs is 1. The Morgan fingerprint density at radius 1 is 1.27 bits per heavy atom. The molecule has 3 aromatic rings. The molecular weight excluding hydrogens is 354 g/mol. The molecule has 0 spiro atoms. The zero-order valence-corrected chi connectivity index (χ0v) is 15.1. The maximum atomic E-state index is 10.6. The molecule has 7 nitrogen and oxygen atoms in total. The van der Waals surface area contributed by atoms with Gasteiger partial charge in [0.2, 0.25) is 12.6 Å². The van der Waals surface area contributed by atoms with Gasteiger partial charge in [-0.2, -0.15) is 11.8 Å². The third-order valence-corrected chi connectivity index (χ3v) is 4.75. The van der Waals surface area contributed by atoms with Crippen molar-refractivity contribution in [3.05, 3.63) is 48.0 Å². The third kappa shape index (κ3) is 3.42. The number of ether oxygens (including phenoxy) is 2. The van der Waals surface area contributed by atoms with Crippen LogP contribution in [-0.4, -0.2) is 38.7 Å². The number of thioether (sulfide) groups is 1. The van der Waals surface area contributed by atoms with Crippen molar-refractivity contribution in [1.29, 1.82) is 0 Å². The van der Waals surface area contributed by atoms with Crippen LogP contribution >= 0.6 is 11.8 Å². The number of hydrogen-bond donors (Lipinski definition) is 1. The Labute approximate surface area is 154 Å². The van der Waals surface area contributed by atoms with Crippen molar-refractivity contribution in [2.24, 2.45) is 0 Å². The van der Waals surface area contributed by atoms with Gasteiger partial charge in [0.1, 0.15) is 6.10 Å². The fourth-order valence-corrected chi connectivity index (χ4v) is 3.26. The lowest BCUT2D eigenvalue weighted by Crippen LogP contribution is -2.12. The van der Waals surface area contributed by atoms with Gasteiger partial charge in [0.05, 0.1) is 12.8 Å². The largest absolute Gasteiger partial charge is 0.461 e. The van der Waals surface area contributed by atoms with Gasteiger partial charge in [-0.3, -0.25) is 0 Å². The molecule has 0 amide bonds. The van der Waals surface area contributed by atoms with E-state index in [1.165, 1.54) is 0 Å². The number of benzene rings is 1. The fourth-order valence-electron chi connectivity index (χ4n) is 2.80. The maximum Gasteiger partial charge on any atom is 0.231 e. The summed E-state index contributed by atoms with van der Waals surface area (Å²) in [6, 6.07) is 9.36. The van der Waals surface area contributed by atoms with E-state index in [1.807, 2.05) is 24.5 Å². The van der Waals surface area contributed by atoms with Crippen LogP contribution < -0.4 is 9.47 Å². The Bertz CT molecular complexity index is 879. The Morgan fingerprint density at radius 2 is 2.15 bits per heavy atom. The second kappa shape index (κ2) is 7.43. The number of hydrogen-bond acceptors (Lipinski definition) is 7. The minimum Gasteiger partial charge on any atom is -0.461 e. The minimum atomic E-state index is -0.687. The van der Waals surface area contributed by atoms with Crippen molar-refractivity contribution in [2.75, 3.05) is 18.8 Å². The highest BCUT2D eigenvalue weighted by Gasteiger charge is 2.21. The van der Waals surface area contributed by atoms with Gasteiger partial charge in [0, 0.05) is 0 Å². The van der Waals surface area contributed by atoms with Crippen LogP contribution in [-0.2, 0) is 6.54 Å². The molecule has 26 heavy (non-hydrogen) atoms. The second-order valence-corrected chi connectivity index (χ2v) is 6.90. The van der Waals surface area contributed by atoms with Gasteiger partial charge in [-0.15, -0.1) is 5.10 Å². The normalized spacial score (nSPS) is 13.9. The SMILES string of the molecule is CSCC[C@H](O)c1nc(-c2ccco2)nn1Cc1ccc2c(c1)OCO2. The summed E-state index contributed by atoms with van der Waals surface area (Å²) >= 11 is 1.69. The van der Waals surface area contributed by atoms with Crippen LogP contribution in [0.1, 0.15) is 23.9 Å². The highest BCUT2D eigenvalue weighted by Crippen LogP contribution is 2.33. The summed E-state index contributed by atoms with van der Waals surface area (Å²) in [6.07, 6.45) is 3.52. The van der Waals surface area contributed by atoms with E-state index in [-0.39, 0.29) is 6.79 Å². The van der Waals surface area contributed by atoms with Crippen LogP contribution in [0, 0.1) is 0 Å². The van der Waals surface area contributed by atoms with Crippen molar-refractivity contribution in [3.8, 4) is 23.1 Å². The van der Waals surface area contributed by atoms with Crippen LogP contribution in [0.4, 0.5) is 0 Å². The molecule has 1 aliphatic heterocycles. The smallest absolute Gasteiger partial charge is 0.231 e. The van der Waals surface area contributed by atoms with Crippen molar-refractivity contribution in [1.82, 2.24) is 14.8 Å². The molecule has 3 heterocycles. The van der Waals surface area contributed by atoms with E-state index in [4.69, 9.17) is 13.9 Å². The van der Waals surface area contributed by atoms with E-state index in [2.05, 4.69) is 10.1 Å². The van der Waals surface area contributed by atoms with Crippen molar-refractivity contribution < 1.29 is 19.0 Å². The molecule has 0 radical (unpaired) electrons. The first kappa shape index (κ1) is 17.0. The third-order valence-electron chi connectivity index (χ3n) is 4.10. The molecule has 0 saturated heterocycles. The predicted octanol–water partition coefficient (Wildman–Crippen LogP) is 3.10. The van der Waals surface area contributed by atoms with Crippen LogP contribution in [0.15, 0.2) is 41.0 Å². The average Bonchev–Trinajstić information content (AvgIpc) is 3.38. The summed E-state index contributed by atoms with van der Waals surface area (Å²) in [7, 11) is 0. The molecule has 0 bridgehead atoms. The van der Waals surface area contributed by atoms with E-state index in [0.717, 1.165) is 22.8 Å². The van der Waals surface area contributed by atoms with Gasteiger partial charge < -0.3 is 19.0 Å². The Hall–Kier alpha value is -2.45. The Balaban J connectivity index is 1.64. The van der Waals surface area contributed by atoms with Crippen LogP contribution in [0.2, 0.25) is 0 Å². The first-order chi connectivity index (χ1) is 12.7. The number of rotatable bonds is 7. The lowest BCUT2D eigenvalue weighted by atomic mass is 10.2. The monoisotopic (exact) mass is 373 g/mol. The van der Waals surface area contributed by atoms with Crippen molar-refractivity contribution >= 4 is 11.8 Å². The van der Waals surface area contributed by atoms with E-state index in [9.17, 15) is 5.11 Å². The highest BCUT2D eigenvalue weighted by molar-refractivity contribution is 7.98. The number of nitrogens with zero attached hydrogens (tertiary/aromatic N) is 3. The molecule has 136 valence electrons. The fraction of sp³-hybridized carbons (Fsp3) is 0.333. The van der Waals surface area contributed by atoms with E-state index < -0.39 is 6.10 Å². The van der Waals surface area contributed by atoms with E-state index >= 15 is 0 Å². The molecular formula is C18H19N3O4S.